The third kappa shape index (κ3) is 1.33. The number of nitrogens with zero attached hydrogens (tertiary/aromatic N) is 2. The van der Waals surface area contributed by atoms with E-state index in [0.29, 0.717) is 10.7 Å². The van der Waals surface area contributed by atoms with Gasteiger partial charge in [0.25, 0.3) is 0 Å². The smallest absolute Gasteiger partial charge is 0.242 e. The summed E-state index contributed by atoms with van der Waals surface area (Å²) in [6.07, 6.45) is 1.62. The summed E-state index contributed by atoms with van der Waals surface area (Å²) < 4.78 is 12.5. The summed E-state index contributed by atoms with van der Waals surface area (Å²) in [5.74, 6) is 0. The lowest BCUT2D eigenvalue weighted by atomic mass is 10.5. The van der Waals surface area contributed by atoms with Gasteiger partial charge in [-0.05, 0) is 6.92 Å². The van der Waals surface area contributed by atoms with Crippen LogP contribution in [0.25, 0.3) is 0 Å². The maximum atomic E-state index is 10.9. The third-order valence-corrected chi connectivity index (χ3v) is 2.15. The van der Waals surface area contributed by atoms with Gasteiger partial charge in [0.05, 0.1) is 5.69 Å². The lowest BCUT2D eigenvalue weighted by Crippen LogP contribution is -2.04. The van der Waals surface area contributed by atoms with Gasteiger partial charge in [-0.2, -0.15) is 5.10 Å². The monoisotopic (exact) mass is 157 g/mol. The Labute approximate surface area is 63.2 Å². The van der Waals surface area contributed by atoms with Crippen molar-refractivity contribution in [2.24, 2.45) is 7.05 Å². The quantitative estimate of drug-likeness (QED) is 0.551. The molecular formula is C6H9N2OS. The summed E-state index contributed by atoms with van der Waals surface area (Å²) in [5, 5.41) is 4.66. The van der Waals surface area contributed by atoms with Crippen molar-refractivity contribution in [1.82, 2.24) is 9.78 Å². The Kier molecular flexibility index (Phi) is 2.01. The molecule has 0 aromatic carbocycles. The summed E-state index contributed by atoms with van der Waals surface area (Å²) in [7, 11) is 1.76. The van der Waals surface area contributed by atoms with Crippen molar-refractivity contribution in [3.05, 3.63) is 18.7 Å². The Balaban J connectivity index is 3.03. The molecule has 0 saturated heterocycles. The van der Waals surface area contributed by atoms with Gasteiger partial charge in [-0.15, -0.1) is 0 Å². The molecule has 1 atom stereocenters. The molecule has 0 bridgehead atoms. The Morgan fingerprint density at radius 2 is 2.40 bits per heavy atom. The second kappa shape index (κ2) is 2.64. The highest BCUT2D eigenvalue weighted by atomic mass is 32.2. The summed E-state index contributed by atoms with van der Waals surface area (Å²) in [6.45, 7) is 3.62. The molecule has 1 radical (unpaired) electrons. The van der Waals surface area contributed by atoms with Gasteiger partial charge in [0.2, 0.25) is 5.03 Å². The van der Waals surface area contributed by atoms with Gasteiger partial charge in [-0.25, -0.2) is 4.68 Å². The van der Waals surface area contributed by atoms with E-state index in [0.717, 1.165) is 0 Å². The molecule has 55 valence electrons. The van der Waals surface area contributed by atoms with Crippen molar-refractivity contribution in [2.45, 2.75) is 5.03 Å². The van der Waals surface area contributed by atoms with Crippen LogP contribution in [0.5, 0.6) is 0 Å². The summed E-state index contributed by atoms with van der Waals surface area (Å²) >= 11 is -0.959. The van der Waals surface area contributed by atoms with Crippen molar-refractivity contribution >= 4 is 11.2 Å². The van der Waals surface area contributed by atoms with Crippen molar-refractivity contribution in [3.8, 4) is 0 Å². The SMILES string of the molecule is [CH2]c1cc([S+](C)[O-])n(C)n1. The molecule has 0 aliphatic rings. The largest absolute Gasteiger partial charge is 0.610 e. The number of aryl methyl sites for hydroxylation is 1. The van der Waals surface area contributed by atoms with Crippen LogP contribution in [0.2, 0.25) is 0 Å². The molecule has 1 aromatic heterocycles. The molecule has 1 aromatic rings. The minimum Gasteiger partial charge on any atom is -0.610 e. The zero-order valence-corrected chi connectivity index (χ0v) is 6.81. The minimum atomic E-state index is -0.959. The van der Waals surface area contributed by atoms with Gasteiger partial charge in [-0.3, -0.25) is 0 Å². The lowest BCUT2D eigenvalue weighted by Gasteiger charge is -2.01. The van der Waals surface area contributed by atoms with E-state index in [4.69, 9.17) is 0 Å². The molecule has 1 rings (SSSR count). The number of hydrogen-bond donors (Lipinski definition) is 0. The fraction of sp³-hybridized carbons (Fsp3) is 0.333. The number of rotatable bonds is 1. The number of aromatic nitrogens is 2. The van der Waals surface area contributed by atoms with E-state index in [1.807, 2.05) is 0 Å². The van der Waals surface area contributed by atoms with Crippen molar-refractivity contribution in [3.63, 3.8) is 0 Å². The van der Waals surface area contributed by atoms with Crippen LogP contribution < -0.4 is 0 Å². The van der Waals surface area contributed by atoms with Gasteiger partial charge in [0.1, 0.15) is 6.26 Å². The predicted octanol–water partition coefficient (Wildman–Crippen LogP) is 0.340. The van der Waals surface area contributed by atoms with E-state index in [2.05, 4.69) is 12.0 Å². The Morgan fingerprint density at radius 1 is 1.80 bits per heavy atom. The van der Waals surface area contributed by atoms with Gasteiger partial charge in [0.15, 0.2) is 0 Å². The predicted molar refractivity (Wildman–Crippen MR) is 40.0 cm³/mol. The summed E-state index contributed by atoms with van der Waals surface area (Å²) in [5.41, 5.74) is 0.660. The molecule has 1 unspecified atom stereocenters. The Hall–Kier alpha value is -0.480. The zero-order chi connectivity index (χ0) is 7.72. The van der Waals surface area contributed by atoms with Crippen LogP contribution in [-0.4, -0.2) is 20.6 Å². The van der Waals surface area contributed by atoms with Crippen LogP contribution in [0.15, 0.2) is 11.1 Å². The van der Waals surface area contributed by atoms with Crippen molar-refractivity contribution < 1.29 is 4.55 Å². The Bertz CT molecular complexity index is 232. The molecule has 0 spiro atoms. The molecule has 0 saturated carbocycles. The topological polar surface area (TPSA) is 40.9 Å². The fourth-order valence-corrected chi connectivity index (χ4v) is 1.49. The van der Waals surface area contributed by atoms with E-state index in [-0.39, 0.29) is 0 Å². The molecular weight excluding hydrogens is 148 g/mol. The summed E-state index contributed by atoms with van der Waals surface area (Å²) in [4.78, 5) is 0. The molecule has 3 nitrogen and oxygen atoms in total. The molecule has 0 N–H and O–H groups in total. The highest BCUT2D eigenvalue weighted by Gasteiger charge is 2.10. The van der Waals surface area contributed by atoms with Crippen LogP contribution in [0, 0.1) is 6.92 Å². The second-order valence-corrected chi connectivity index (χ2v) is 3.38. The molecule has 0 aliphatic carbocycles. The van der Waals surface area contributed by atoms with E-state index in [1.54, 1.807) is 24.1 Å². The first-order chi connectivity index (χ1) is 4.61. The number of hydrogen-bond acceptors (Lipinski definition) is 2. The average Bonchev–Trinajstić information content (AvgIpc) is 2.10. The standard InChI is InChI=1S/C6H9N2OS/c1-5-4-6(10(3)9)8(2)7-5/h4H,1H2,2-3H3. The highest BCUT2D eigenvalue weighted by molar-refractivity contribution is 7.90. The van der Waals surface area contributed by atoms with E-state index in [1.165, 1.54) is 0 Å². The maximum absolute atomic E-state index is 10.9. The molecule has 0 aliphatic heterocycles. The normalized spacial score (nSPS) is 13.6. The van der Waals surface area contributed by atoms with E-state index in [9.17, 15) is 4.55 Å². The van der Waals surface area contributed by atoms with E-state index >= 15 is 0 Å². The van der Waals surface area contributed by atoms with Crippen molar-refractivity contribution in [1.29, 1.82) is 0 Å². The van der Waals surface area contributed by atoms with Crippen LogP contribution in [0.4, 0.5) is 0 Å². The zero-order valence-electron chi connectivity index (χ0n) is 6.00. The second-order valence-electron chi connectivity index (χ2n) is 2.05. The van der Waals surface area contributed by atoms with Crippen LogP contribution in [0.3, 0.4) is 0 Å². The van der Waals surface area contributed by atoms with Gasteiger partial charge >= 0.3 is 0 Å². The minimum absolute atomic E-state index is 0.660. The first kappa shape index (κ1) is 7.63. The molecule has 10 heavy (non-hydrogen) atoms. The van der Waals surface area contributed by atoms with Gasteiger partial charge in [-0.1, -0.05) is 0 Å². The molecule has 0 amide bonds. The molecule has 4 heteroatoms. The van der Waals surface area contributed by atoms with Crippen LogP contribution in [0.1, 0.15) is 5.69 Å². The Morgan fingerprint density at radius 3 is 2.60 bits per heavy atom. The highest BCUT2D eigenvalue weighted by Crippen LogP contribution is 2.08. The van der Waals surface area contributed by atoms with Crippen LogP contribution in [-0.2, 0) is 18.2 Å². The molecule has 1 heterocycles. The third-order valence-electron chi connectivity index (χ3n) is 1.18. The first-order valence-corrected chi connectivity index (χ1v) is 4.36. The van der Waals surface area contributed by atoms with Crippen LogP contribution >= 0.6 is 0 Å². The average molecular weight is 157 g/mol. The molecule has 0 fully saturated rings. The lowest BCUT2D eigenvalue weighted by molar-refractivity contribution is 0.581. The van der Waals surface area contributed by atoms with Gasteiger partial charge in [0, 0.05) is 24.3 Å². The summed E-state index contributed by atoms with van der Waals surface area (Å²) in [6, 6.07) is 1.72. The van der Waals surface area contributed by atoms with Gasteiger partial charge < -0.3 is 4.55 Å². The maximum Gasteiger partial charge on any atom is 0.242 e. The van der Waals surface area contributed by atoms with E-state index < -0.39 is 11.2 Å². The fourth-order valence-electron chi connectivity index (χ4n) is 0.776. The van der Waals surface area contributed by atoms with Crippen molar-refractivity contribution in [2.75, 3.05) is 6.26 Å². The first-order valence-electron chi connectivity index (χ1n) is 2.80.